The predicted octanol–water partition coefficient (Wildman–Crippen LogP) is 4.35. The van der Waals surface area contributed by atoms with Gasteiger partial charge >= 0.3 is 5.97 Å². The van der Waals surface area contributed by atoms with Gasteiger partial charge in [0.15, 0.2) is 0 Å². The minimum atomic E-state index is -3.59. The smallest absolute Gasteiger partial charge is 0.307 e. The lowest BCUT2D eigenvalue weighted by Gasteiger charge is -2.32. The monoisotopic (exact) mass is 476 g/mol. The molecular weight excluding hydrogens is 452 g/mol. The highest BCUT2D eigenvalue weighted by Gasteiger charge is 2.31. The molecule has 0 bridgehead atoms. The maximum absolute atomic E-state index is 13.1. The average Bonchev–Trinajstić information content (AvgIpc) is 3.11. The van der Waals surface area contributed by atoms with E-state index in [1.165, 1.54) is 4.31 Å². The predicted molar refractivity (Wildman–Crippen MR) is 123 cm³/mol. The molecular formula is C23H25ClN2O5S. The highest BCUT2D eigenvalue weighted by molar-refractivity contribution is 7.89. The molecule has 1 aliphatic rings. The van der Waals surface area contributed by atoms with Gasteiger partial charge in [-0.25, -0.2) is 8.42 Å². The molecule has 1 N–H and O–H groups in total. The van der Waals surface area contributed by atoms with Crippen LogP contribution in [0.2, 0.25) is 5.02 Å². The maximum Gasteiger partial charge on any atom is 0.307 e. The van der Waals surface area contributed by atoms with E-state index in [9.17, 15) is 18.3 Å². The number of aliphatic carboxylic acids is 1. The Morgan fingerprint density at radius 2 is 1.84 bits per heavy atom. The Balaban J connectivity index is 1.54. The second kappa shape index (κ2) is 9.13. The Labute approximate surface area is 192 Å². The second-order valence-electron chi connectivity index (χ2n) is 7.83. The molecule has 1 aliphatic heterocycles. The first kappa shape index (κ1) is 22.6. The van der Waals surface area contributed by atoms with E-state index in [1.54, 1.807) is 30.3 Å². The van der Waals surface area contributed by atoms with E-state index in [0.717, 1.165) is 16.5 Å². The Morgan fingerprint density at radius 1 is 1.16 bits per heavy atom. The molecule has 0 aliphatic carbocycles. The first-order valence-corrected chi connectivity index (χ1v) is 12.3. The van der Waals surface area contributed by atoms with Crippen LogP contribution in [0.25, 0.3) is 10.9 Å². The van der Waals surface area contributed by atoms with E-state index in [-0.39, 0.29) is 17.4 Å². The Morgan fingerprint density at radius 3 is 2.47 bits per heavy atom. The number of hydrogen-bond donors (Lipinski definition) is 1. The van der Waals surface area contributed by atoms with E-state index in [2.05, 4.69) is 4.57 Å². The van der Waals surface area contributed by atoms with Gasteiger partial charge in [-0.3, -0.25) is 4.79 Å². The van der Waals surface area contributed by atoms with Gasteiger partial charge in [0.05, 0.1) is 23.4 Å². The van der Waals surface area contributed by atoms with Crippen molar-refractivity contribution in [2.45, 2.75) is 37.1 Å². The number of ether oxygens (including phenoxy) is 1. The van der Waals surface area contributed by atoms with Gasteiger partial charge in [0.1, 0.15) is 5.75 Å². The third-order valence-corrected chi connectivity index (χ3v) is 7.96. The van der Waals surface area contributed by atoms with Crippen molar-refractivity contribution >= 4 is 38.5 Å². The summed E-state index contributed by atoms with van der Waals surface area (Å²) >= 11 is 6.20. The van der Waals surface area contributed by atoms with Gasteiger partial charge in [-0.2, -0.15) is 4.31 Å². The average molecular weight is 477 g/mol. The summed E-state index contributed by atoms with van der Waals surface area (Å²) in [6, 6.07) is 12.0. The van der Waals surface area contributed by atoms with E-state index in [0.29, 0.717) is 43.3 Å². The summed E-state index contributed by atoms with van der Waals surface area (Å²) in [7, 11) is -3.59. The molecule has 0 radical (unpaired) electrons. The number of halogens is 1. The van der Waals surface area contributed by atoms with Crippen LogP contribution in [0.3, 0.4) is 0 Å². The lowest BCUT2D eigenvalue weighted by atomic mass is 10.1. The Hall–Kier alpha value is -2.55. The highest BCUT2D eigenvalue weighted by atomic mass is 35.5. The second-order valence-corrected chi connectivity index (χ2v) is 10.2. The number of benzene rings is 2. The molecule has 0 amide bonds. The summed E-state index contributed by atoms with van der Waals surface area (Å²) in [5.41, 5.74) is 1.61. The minimum absolute atomic E-state index is 0.0605. The molecule has 170 valence electrons. The van der Waals surface area contributed by atoms with Crippen molar-refractivity contribution in [1.82, 2.24) is 8.87 Å². The molecule has 7 nitrogen and oxygen atoms in total. The number of carbonyl (C=O) groups is 1. The van der Waals surface area contributed by atoms with Crippen molar-refractivity contribution in [1.29, 1.82) is 0 Å². The number of nitrogens with zero attached hydrogens (tertiary/aromatic N) is 2. The Kier molecular flexibility index (Phi) is 6.46. The molecule has 0 spiro atoms. The number of carboxylic acid groups (broad SMARTS) is 1. The zero-order valence-electron chi connectivity index (χ0n) is 17.7. The maximum atomic E-state index is 13.1. The van der Waals surface area contributed by atoms with Crippen LogP contribution in [-0.4, -0.2) is 48.1 Å². The van der Waals surface area contributed by atoms with Crippen LogP contribution < -0.4 is 4.74 Å². The van der Waals surface area contributed by atoms with Gasteiger partial charge in [-0.05, 0) is 61.7 Å². The van der Waals surface area contributed by atoms with Crippen LogP contribution in [0.1, 0.15) is 31.4 Å². The summed E-state index contributed by atoms with van der Waals surface area (Å²) in [4.78, 5) is 11.5. The summed E-state index contributed by atoms with van der Waals surface area (Å²) in [6.07, 6.45) is 3.05. The van der Waals surface area contributed by atoms with Crippen molar-refractivity contribution in [3.05, 3.63) is 59.2 Å². The molecule has 1 fully saturated rings. The van der Waals surface area contributed by atoms with Crippen LogP contribution >= 0.6 is 11.6 Å². The molecule has 4 rings (SSSR count). The number of sulfonamides is 1. The summed E-state index contributed by atoms with van der Waals surface area (Å²) < 4.78 is 35.1. The van der Waals surface area contributed by atoms with Crippen molar-refractivity contribution in [3.63, 3.8) is 0 Å². The standard InChI is InChI=1S/C23H25ClN2O5S/c1-2-31-19-4-6-20(7-5-19)32(29,30)25-11-9-18(10-12-25)26-15-16(13-23(27)28)21-8-3-17(24)14-22(21)26/h3-8,14-15,18H,2,9-13H2,1H3,(H,27,28). The van der Waals surface area contributed by atoms with Crippen molar-refractivity contribution < 1.29 is 23.1 Å². The number of carboxylic acids is 1. The molecule has 1 aromatic heterocycles. The van der Waals surface area contributed by atoms with Crippen LogP contribution in [0, 0.1) is 0 Å². The van der Waals surface area contributed by atoms with Gasteiger partial charge in [0.2, 0.25) is 10.0 Å². The van der Waals surface area contributed by atoms with Gasteiger partial charge in [-0.1, -0.05) is 17.7 Å². The number of aromatic nitrogens is 1. The molecule has 0 unspecified atom stereocenters. The number of rotatable bonds is 7. The number of piperidine rings is 1. The fraction of sp³-hybridized carbons (Fsp3) is 0.348. The molecule has 9 heteroatoms. The van der Waals surface area contributed by atoms with Gasteiger partial charge < -0.3 is 14.4 Å². The molecule has 0 saturated carbocycles. The summed E-state index contributed by atoms with van der Waals surface area (Å²) in [6.45, 7) is 3.16. The fourth-order valence-corrected chi connectivity index (χ4v) is 5.92. The van der Waals surface area contributed by atoms with Crippen LogP contribution in [-0.2, 0) is 21.2 Å². The zero-order chi connectivity index (χ0) is 22.9. The topological polar surface area (TPSA) is 88.8 Å². The third-order valence-electron chi connectivity index (χ3n) is 5.81. The zero-order valence-corrected chi connectivity index (χ0v) is 19.3. The SMILES string of the molecule is CCOc1ccc(S(=O)(=O)N2CCC(n3cc(CC(=O)O)c4ccc(Cl)cc43)CC2)cc1. The van der Waals surface area contributed by atoms with E-state index < -0.39 is 16.0 Å². The van der Waals surface area contributed by atoms with Gasteiger partial charge in [0, 0.05) is 35.7 Å². The lowest BCUT2D eigenvalue weighted by molar-refractivity contribution is -0.136. The number of hydrogen-bond acceptors (Lipinski definition) is 4. The van der Waals surface area contributed by atoms with E-state index in [1.807, 2.05) is 25.3 Å². The summed E-state index contributed by atoms with van der Waals surface area (Å²) in [5, 5.41) is 10.7. The first-order valence-electron chi connectivity index (χ1n) is 10.5. The Bertz CT molecular complexity index is 1230. The van der Waals surface area contributed by atoms with Crippen LogP contribution in [0.15, 0.2) is 53.6 Å². The minimum Gasteiger partial charge on any atom is -0.494 e. The lowest BCUT2D eigenvalue weighted by Crippen LogP contribution is -2.38. The van der Waals surface area contributed by atoms with Crippen LogP contribution in [0.5, 0.6) is 5.75 Å². The van der Waals surface area contributed by atoms with Crippen molar-refractivity contribution in [2.75, 3.05) is 19.7 Å². The van der Waals surface area contributed by atoms with Crippen molar-refractivity contribution in [3.8, 4) is 5.75 Å². The highest BCUT2D eigenvalue weighted by Crippen LogP contribution is 2.33. The fourth-order valence-electron chi connectivity index (χ4n) is 4.29. The quantitative estimate of drug-likeness (QED) is 0.547. The van der Waals surface area contributed by atoms with Crippen LogP contribution in [0.4, 0.5) is 0 Å². The molecule has 0 atom stereocenters. The van der Waals surface area contributed by atoms with E-state index >= 15 is 0 Å². The molecule has 32 heavy (non-hydrogen) atoms. The van der Waals surface area contributed by atoms with E-state index in [4.69, 9.17) is 16.3 Å². The summed E-state index contributed by atoms with van der Waals surface area (Å²) in [5.74, 6) is -0.254. The van der Waals surface area contributed by atoms with Gasteiger partial charge in [0.25, 0.3) is 0 Å². The first-order chi connectivity index (χ1) is 15.3. The molecule has 2 aromatic carbocycles. The normalized spacial score (nSPS) is 15.8. The van der Waals surface area contributed by atoms with Crippen molar-refractivity contribution in [2.24, 2.45) is 0 Å². The largest absolute Gasteiger partial charge is 0.494 e. The molecule has 3 aromatic rings. The molecule has 2 heterocycles. The number of fused-ring (bicyclic) bond motifs is 1. The van der Waals surface area contributed by atoms with Gasteiger partial charge in [-0.15, -0.1) is 0 Å². The third kappa shape index (κ3) is 4.48. The molecule has 1 saturated heterocycles.